The van der Waals surface area contributed by atoms with Crippen molar-refractivity contribution in [3.05, 3.63) is 70.4 Å². The minimum atomic E-state index is -0.938. The fourth-order valence-corrected chi connectivity index (χ4v) is 4.22. The van der Waals surface area contributed by atoms with Gasteiger partial charge in [-0.2, -0.15) is 0 Å². The number of amides is 1. The second-order valence-electron chi connectivity index (χ2n) is 7.82. The predicted octanol–water partition coefficient (Wildman–Crippen LogP) is 4.84. The second kappa shape index (κ2) is 9.67. The minimum Gasteiger partial charge on any atom is -0.449 e. The largest absolute Gasteiger partial charge is 0.449 e. The van der Waals surface area contributed by atoms with Crippen molar-refractivity contribution in [2.24, 2.45) is 0 Å². The van der Waals surface area contributed by atoms with Gasteiger partial charge in [0.15, 0.2) is 6.10 Å². The average molecular weight is 452 g/mol. The molecule has 0 spiro atoms. The molecular weight excluding hydrogens is 426 g/mol. The summed E-state index contributed by atoms with van der Waals surface area (Å²) in [7, 11) is 0. The van der Waals surface area contributed by atoms with E-state index < -0.39 is 18.0 Å². The number of halogens is 1. The highest BCUT2D eigenvalue weighted by atomic mass is 35.5. The molecule has 1 atom stereocenters. The summed E-state index contributed by atoms with van der Waals surface area (Å²) in [4.78, 5) is 33.4. The van der Waals surface area contributed by atoms with E-state index in [4.69, 9.17) is 21.3 Å². The van der Waals surface area contributed by atoms with Crippen LogP contribution in [0.15, 0.2) is 48.5 Å². The van der Waals surface area contributed by atoms with Gasteiger partial charge < -0.3 is 10.1 Å². The van der Waals surface area contributed by atoms with E-state index in [2.05, 4.69) is 17.1 Å². The molecule has 32 heavy (non-hydrogen) atoms. The molecule has 1 N–H and O–H groups in total. The van der Waals surface area contributed by atoms with Crippen LogP contribution < -0.4 is 5.32 Å². The number of ether oxygens (including phenoxy) is 1. The number of hydrogen-bond donors (Lipinski definition) is 1. The second-order valence-corrected chi connectivity index (χ2v) is 8.23. The topological polar surface area (TPSA) is 71.5 Å². The van der Waals surface area contributed by atoms with E-state index in [0.29, 0.717) is 29.2 Å². The van der Waals surface area contributed by atoms with E-state index in [9.17, 15) is 9.59 Å². The van der Waals surface area contributed by atoms with Gasteiger partial charge in [0.2, 0.25) is 0 Å². The van der Waals surface area contributed by atoms with Gasteiger partial charge in [0, 0.05) is 36.2 Å². The lowest BCUT2D eigenvalue weighted by atomic mass is 9.95. The number of carbonyl (C=O) groups excluding carboxylic acids is 2. The Bertz CT molecular complexity index is 1160. The molecule has 1 aromatic heterocycles. The van der Waals surface area contributed by atoms with Gasteiger partial charge >= 0.3 is 5.97 Å². The zero-order valence-corrected chi connectivity index (χ0v) is 19.0. The SMILES string of the molecule is CCC(OC(=O)c1c2c(nc3ccccc13)CCN(CC)C2)C(=O)Nc1ccccc1Cl. The van der Waals surface area contributed by atoms with Gasteiger partial charge in [-0.3, -0.25) is 14.7 Å². The molecule has 1 aliphatic rings. The minimum absolute atomic E-state index is 0.342. The zero-order valence-electron chi connectivity index (χ0n) is 18.2. The van der Waals surface area contributed by atoms with E-state index in [1.54, 1.807) is 24.3 Å². The van der Waals surface area contributed by atoms with Crippen LogP contribution in [0.5, 0.6) is 0 Å². The molecule has 1 aliphatic heterocycles. The third-order valence-electron chi connectivity index (χ3n) is 5.82. The van der Waals surface area contributed by atoms with Crippen LogP contribution in [0.1, 0.15) is 41.9 Å². The summed E-state index contributed by atoms with van der Waals surface area (Å²) in [5.74, 6) is -0.907. The number of para-hydroxylation sites is 2. The molecule has 0 bridgehead atoms. The number of nitrogens with zero attached hydrogens (tertiary/aromatic N) is 2. The molecular formula is C25H26ClN3O3. The molecule has 166 valence electrons. The number of hydrogen-bond acceptors (Lipinski definition) is 5. The number of nitrogens with one attached hydrogen (secondary N) is 1. The highest BCUT2D eigenvalue weighted by Gasteiger charge is 2.29. The van der Waals surface area contributed by atoms with Gasteiger partial charge in [0.05, 0.1) is 21.8 Å². The van der Waals surface area contributed by atoms with Gasteiger partial charge in [0.1, 0.15) is 0 Å². The van der Waals surface area contributed by atoms with Crippen molar-refractivity contribution in [3.8, 4) is 0 Å². The van der Waals surface area contributed by atoms with Crippen molar-refractivity contribution in [2.45, 2.75) is 39.3 Å². The Labute approximate surface area is 192 Å². The Morgan fingerprint density at radius 2 is 1.91 bits per heavy atom. The highest BCUT2D eigenvalue weighted by Crippen LogP contribution is 2.29. The van der Waals surface area contributed by atoms with Gasteiger partial charge in [-0.05, 0) is 31.2 Å². The molecule has 0 fully saturated rings. The summed E-state index contributed by atoms with van der Waals surface area (Å²) in [5, 5.41) is 3.94. The van der Waals surface area contributed by atoms with Gasteiger partial charge in [-0.1, -0.05) is 55.8 Å². The van der Waals surface area contributed by atoms with Crippen LogP contribution in [0.3, 0.4) is 0 Å². The normalized spacial score (nSPS) is 14.6. The van der Waals surface area contributed by atoms with Gasteiger partial charge in [-0.15, -0.1) is 0 Å². The lowest BCUT2D eigenvalue weighted by Crippen LogP contribution is -2.35. The van der Waals surface area contributed by atoms with Crippen molar-refractivity contribution in [1.29, 1.82) is 0 Å². The fraction of sp³-hybridized carbons (Fsp3) is 0.320. The molecule has 0 radical (unpaired) electrons. The summed E-state index contributed by atoms with van der Waals surface area (Å²) >= 11 is 6.16. The summed E-state index contributed by atoms with van der Waals surface area (Å²) in [6.07, 6.45) is 0.180. The summed E-state index contributed by atoms with van der Waals surface area (Å²) in [6, 6.07) is 14.5. The van der Waals surface area contributed by atoms with E-state index in [1.807, 2.05) is 31.2 Å². The molecule has 1 amide bonds. The molecule has 2 aromatic carbocycles. The van der Waals surface area contributed by atoms with Crippen LogP contribution >= 0.6 is 11.6 Å². The Morgan fingerprint density at radius 1 is 1.16 bits per heavy atom. The Kier molecular flexibility index (Phi) is 6.72. The smallest absolute Gasteiger partial charge is 0.340 e. The molecule has 2 heterocycles. The number of rotatable bonds is 6. The third-order valence-corrected chi connectivity index (χ3v) is 6.15. The number of fused-ring (bicyclic) bond motifs is 2. The lowest BCUT2D eigenvalue weighted by molar-refractivity contribution is -0.124. The molecule has 0 saturated carbocycles. The average Bonchev–Trinajstić information content (AvgIpc) is 2.81. The first-order valence-corrected chi connectivity index (χ1v) is 11.3. The quantitative estimate of drug-likeness (QED) is 0.543. The molecule has 4 rings (SSSR count). The van der Waals surface area contributed by atoms with Gasteiger partial charge in [-0.25, -0.2) is 4.79 Å². The Balaban J connectivity index is 1.65. The van der Waals surface area contributed by atoms with Crippen molar-refractivity contribution >= 4 is 40.1 Å². The monoisotopic (exact) mass is 451 g/mol. The molecule has 3 aromatic rings. The number of aromatic nitrogens is 1. The molecule has 7 heteroatoms. The number of benzene rings is 2. The first-order valence-electron chi connectivity index (χ1n) is 10.9. The fourth-order valence-electron chi connectivity index (χ4n) is 4.04. The summed E-state index contributed by atoms with van der Waals surface area (Å²) in [6.45, 7) is 6.34. The maximum atomic E-state index is 13.4. The molecule has 6 nitrogen and oxygen atoms in total. The van der Waals surface area contributed by atoms with Gasteiger partial charge in [0.25, 0.3) is 5.91 Å². The summed E-state index contributed by atoms with van der Waals surface area (Å²) < 4.78 is 5.76. The van der Waals surface area contributed by atoms with Crippen LogP contribution in [0.4, 0.5) is 5.69 Å². The molecule has 0 aliphatic carbocycles. The van der Waals surface area contributed by atoms with E-state index in [-0.39, 0.29) is 0 Å². The lowest BCUT2D eigenvalue weighted by Gasteiger charge is -2.29. The van der Waals surface area contributed by atoms with E-state index in [0.717, 1.165) is 41.7 Å². The Hall–Kier alpha value is -2.96. The maximum absolute atomic E-state index is 13.4. The van der Waals surface area contributed by atoms with Crippen LogP contribution in [-0.4, -0.2) is 41.0 Å². The van der Waals surface area contributed by atoms with E-state index in [1.165, 1.54) is 0 Å². The maximum Gasteiger partial charge on any atom is 0.340 e. The number of anilines is 1. The molecule has 0 saturated heterocycles. The number of carbonyl (C=O) groups is 2. The highest BCUT2D eigenvalue weighted by molar-refractivity contribution is 6.33. The number of esters is 1. The van der Waals surface area contributed by atoms with Crippen LogP contribution in [0.2, 0.25) is 5.02 Å². The summed E-state index contributed by atoms with van der Waals surface area (Å²) in [5.41, 5.74) is 3.57. The van der Waals surface area contributed by atoms with Crippen LogP contribution in [0.25, 0.3) is 10.9 Å². The van der Waals surface area contributed by atoms with Crippen molar-refractivity contribution in [2.75, 3.05) is 18.4 Å². The first-order chi connectivity index (χ1) is 15.5. The van der Waals surface area contributed by atoms with Crippen molar-refractivity contribution < 1.29 is 14.3 Å². The van der Waals surface area contributed by atoms with Crippen molar-refractivity contribution in [1.82, 2.24) is 9.88 Å². The van der Waals surface area contributed by atoms with Crippen molar-refractivity contribution in [3.63, 3.8) is 0 Å². The first kappa shape index (κ1) is 22.2. The predicted molar refractivity (Wildman–Crippen MR) is 126 cm³/mol. The van der Waals surface area contributed by atoms with E-state index >= 15 is 0 Å². The number of likely N-dealkylation sites (N-methyl/N-ethyl adjacent to an activating group) is 1. The Morgan fingerprint density at radius 3 is 2.66 bits per heavy atom. The van der Waals surface area contributed by atoms with Crippen LogP contribution in [0, 0.1) is 0 Å². The zero-order chi connectivity index (χ0) is 22.7. The molecule has 1 unspecified atom stereocenters. The third kappa shape index (κ3) is 4.47. The number of pyridine rings is 1. The standard InChI is InChI=1S/C25H26ClN3O3/c1-3-22(24(30)28-21-12-8-6-10-18(21)26)32-25(31)23-16-9-5-7-11-19(16)27-20-13-14-29(4-2)15-17(20)23/h5-12,22H,3-4,13-15H2,1-2H3,(H,28,30). The van der Waals surface area contributed by atoms with Crippen LogP contribution in [-0.2, 0) is 22.5 Å².